The molecule has 310 valence electrons. The van der Waals surface area contributed by atoms with Gasteiger partial charge in [0.15, 0.2) is 0 Å². The van der Waals surface area contributed by atoms with Crippen LogP contribution in [0.25, 0.3) is 22.0 Å². The van der Waals surface area contributed by atoms with Gasteiger partial charge >= 0.3 is 0 Å². The maximum Gasteiger partial charge on any atom is 0.254 e. The normalized spacial score (nSPS) is 22.1. The van der Waals surface area contributed by atoms with Crippen molar-refractivity contribution in [1.82, 2.24) is 30.0 Å². The van der Waals surface area contributed by atoms with Crippen LogP contribution in [-0.4, -0.2) is 87.4 Å². The number of carbonyl (C=O) groups is 2. The molecular weight excluding hydrogens is 776 g/mol. The number of halogens is 1. The molecule has 4 heterocycles. The summed E-state index contributed by atoms with van der Waals surface area (Å²) in [7, 11) is 0. The quantitative estimate of drug-likeness (QED) is 0.129. The van der Waals surface area contributed by atoms with Crippen LogP contribution in [0.1, 0.15) is 81.4 Å². The Bertz CT molecular complexity index is 2500. The number of hydrogen-bond acceptors (Lipinski definition) is 10. The number of rotatable bonds is 10. The number of hydrogen-bond donors (Lipinski definition) is 3. The van der Waals surface area contributed by atoms with Gasteiger partial charge in [-0.05, 0) is 55.7 Å². The molecule has 5 aromatic rings. The maximum absolute atomic E-state index is 13.5. The van der Waals surface area contributed by atoms with Crippen molar-refractivity contribution in [2.45, 2.75) is 84.5 Å². The van der Waals surface area contributed by atoms with Gasteiger partial charge in [-0.15, -0.1) is 0 Å². The van der Waals surface area contributed by atoms with E-state index < -0.39 is 0 Å². The van der Waals surface area contributed by atoms with E-state index in [1.165, 1.54) is 23.9 Å². The summed E-state index contributed by atoms with van der Waals surface area (Å²) in [5.74, 6) is 1.52. The lowest BCUT2D eigenvalue weighted by Gasteiger charge is -2.63. The molecule has 0 spiro atoms. The lowest BCUT2D eigenvalue weighted by molar-refractivity contribution is -0.164. The van der Waals surface area contributed by atoms with Gasteiger partial charge in [-0.3, -0.25) is 19.2 Å². The van der Waals surface area contributed by atoms with Crippen LogP contribution in [0.4, 0.5) is 17.3 Å². The van der Waals surface area contributed by atoms with Crippen LogP contribution in [0.2, 0.25) is 5.02 Å². The fourth-order valence-electron chi connectivity index (χ4n) is 9.85. The Morgan fingerprint density at radius 3 is 2.45 bits per heavy atom. The number of carbonyl (C=O) groups excluding carboxylic acids is 2. The monoisotopic (exact) mass is 826 g/mol. The highest BCUT2D eigenvalue weighted by Crippen LogP contribution is 2.55. The van der Waals surface area contributed by atoms with E-state index in [9.17, 15) is 14.9 Å². The number of ether oxygens (including phenoxy) is 1. The highest BCUT2D eigenvalue weighted by atomic mass is 35.5. The summed E-state index contributed by atoms with van der Waals surface area (Å²) >= 11 is 6.26. The molecule has 2 aliphatic heterocycles. The molecule has 3 fully saturated rings. The van der Waals surface area contributed by atoms with Gasteiger partial charge in [-0.2, -0.15) is 10.4 Å². The number of para-hydroxylation sites is 1. The van der Waals surface area contributed by atoms with E-state index >= 15 is 0 Å². The number of nitriles is 1. The van der Waals surface area contributed by atoms with Crippen LogP contribution in [0.3, 0.4) is 0 Å². The molecule has 2 aliphatic carbocycles. The van der Waals surface area contributed by atoms with Crippen molar-refractivity contribution in [3.63, 3.8) is 0 Å². The molecule has 13 nitrogen and oxygen atoms in total. The van der Waals surface area contributed by atoms with E-state index in [4.69, 9.17) is 21.4 Å². The molecule has 1 saturated heterocycles. The first kappa shape index (κ1) is 39.7. The Kier molecular flexibility index (Phi) is 10.2. The van der Waals surface area contributed by atoms with Crippen LogP contribution < -0.4 is 25.6 Å². The van der Waals surface area contributed by atoms with Crippen molar-refractivity contribution < 1.29 is 14.3 Å². The van der Waals surface area contributed by atoms with Crippen molar-refractivity contribution >= 4 is 51.6 Å². The molecule has 0 bridgehead atoms. The second-order valence-electron chi connectivity index (χ2n) is 18.0. The van der Waals surface area contributed by atoms with Crippen LogP contribution >= 0.6 is 11.6 Å². The third-order valence-electron chi connectivity index (χ3n) is 12.9. The van der Waals surface area contributed by atoms with Gasteiger partial charge < -0.3 is 25.6 Å². The van der Waals surface area contributed by atoms with E-state index in [0.717, 1.165) is 67.3 Å². The number of nitrogens with one attached hydrogen (secondary N) is 3. The summed E-state index contributed by atoms with van der Waals surface area (Å²) in [4.78, 5) is 39.8. The summed E-state index contributed by atoms with van der Waals surface area (Å²) in [6, 6.07) is 19.8. The van der Waals surface area contributed by atoms with Gasteiger partial charge in [0.05, 0.1) is 45.3 Å². The Morgan fingerprint density at radius 1 is 1.00 bits per heavy atom. The molecule has 0 radical (unpaired) electrons. The molecule has 3 aromatic carbocycles. The van der Waals surface area contributed by atoms with Gasteiger partial charge in [-0.1, -0.05) is 57.5 Å². The molecule has 2 saturated carbocycles. The molecule has 1 atom stereocenters. The topological polar surface area (TPSA) is 153 Å². The van der Waals surface area contributed by atoms with E-state index in [-0.39, 0.29) is 40.8 Å². The Labute approximate surface area is 355 Å². The van der Waals surface area contributed by atoms with Gasteiger partial charge in [0.2, 0.25) is 11.9 Å². The van der Waals surface area contributed by atoms with Crippen LogP contribution in [0.15, 0.2) is 67.0 Å². The molecule has 60 heavy (non-hydrogen) atoms. The molecular formula is C46H51ClN10O3. The predicted octanol–water partition coefficient (Wildman–Crippen LogP) is 7.47. The van der Waals surface area contributed by atoms with Crippen molar-refractivity contribution in [1.29, 1.82) is 5.26 Å². The van der Waals surface area contributed by atoms with Crippen LogP contribution in [0, 0.1) is 22.2 Å². The van der Waals surface area contributed by atoms with Crippen LogP contribution in [0.5, 0.6) is 5.75 Å². The molecule has 2 amide bonds. The molecule has 14 heteroatoms. The zero-order valence-electron chi connectivity index (χ0n) is 34.8. The highest BCUT2D eigenvalue weighted by Gasteiger charge is 2.64. The summed E-state index contributed by atoms with van der Waals surface area (Å²) in [5, 5.41) is 25.9. The first-order chi connectivity index (χ1) is 28.8. The average molecular weight is 827 g/mol. The van der Waals surface area contributed by atoms with Gasteiger partial charge in [0.25, 0.3) is 5.91 Å². The fourth-order valence-corrected chi connectivity index (χ4v) is 10.1. The zero-order chi connectivity index (χ0) is 41.9. The molecule has 3 N–H and O–H groups in total. The summed E-state index contributed by atoms with van der Waals surface area (Å²) in [6.07, 6.45) is 5.80. The lowest BCUT2D eigenvalue weighted by Crippen LogP contribution is -2.74. The Morgan fingerprint density at radius 2 is 1.75 bits per heavy atom. The number of piperazine rings is 1. The van der Waals surface area contributed by atoms with Gasteiger partial charge in [0.1, 0.15) is 17.9 Å². The number of aromatic nitrogens is 4. The highest BCUT2D eigenvalue weighted by molar-refractivity contribution is 6.31. The first-order valence-corrected chi connectivity index (χ1v) is 21.3. The fraction of sp³-hybridized carbons (Fsp3) is 0.435. The minimum Gasteiger partial charge on any atom is -0.489 e. The van der Waals surface area contributed by atoms with E-state index in [1.54, 1.807) is 30.6 Å². The second kappa shape index (κ2) is 15.4. The number of nitrogens with zero attached hydrogens (tertiary/aromatic N) is 7. The first-order valence-electron chi connectivity index (χ1n) is 21.0. The minimum atomic E-state index is -0.380. The number of anilines is 3. The van der Waals surface area contributed by atoms with Crippen molar-refractivity contribution in [2.24, 2.45) is 10.8 Å². The smallest absolute Gasteiger partial charge is 0.254 e. The lowest BCUT2D eigenvalue weighted by atomic mass is 9.49. The Hall–Kier alpha value is -5.71. The molecule has 2 aromatic heterocycles. The predicted molar refractivity (Wildman–Crippen MR) is 234 cm³/mol. The zero-order valence-corrected chi connectivity index (χ0v) is 35.5. The van der Waals surface area contributed by atoms with Gasteiger partial charge in [0, 0.05) is 97.4 Å². The molecule has 0 unspecified atom stereocenters. The third-order valence-corrected chi connectivity index (χ3v) is 13.2. The van der Waals surface area contributed by atoms with E-state index in [0.29, 0.717) is 40.2 Å². The van der Waals surface area contributed by atoms with Gasteiger partial charge in [-0.25, -0.2) is 9.97 Å². The van der Waals surface area contributed by atoms with Crippen LogP contribution in [-0.2, 0) is 11.3 Å². The molecule has 9 rings (SSSR count). The third kappa shape index (κ3) is 7.41. The number of fused-ring (bicyclic) bond motifs is 2. The summed E-state index contributed by atoms with van der Waals surface area (Å²) in [6.45, 7) is 15.3. The molecule has 4 aliphatic rings. The van der Waals surface area contributed by atoms with E-state index in [2.05, 4.69) is 98.4 Å². The number of amides is 2. The maximum atomic E-state index is 13.5. The standard InChI is InChI=1S/C46H51ClN10O3/c1-27-21-38(58)52-36-8-6-7-33(40(36)51-27)29-12-14-37-34(22-29)39(28-9-10-28)54-57(37)20-17-55-15-18-56(19-16-55)44-49-25-31(26-50-44)41(59)53-42-45(2,3)43(46(42,4)5)60-32-13-11-30(24-48)35(47)23-32/h6-8,11-14,22-23,25-28,42-43,51H,9-10,15-21H2,1-5H3,(H,52,58)(H,53,59)/t27-,42?,43?/m1/s1. The second-order valence-corrected chi connectivity index (χ2v) is 18.4. The minimum absolute atomic E-state index is 0.0263. The Balaban J connectivity index is 0.804. The van der Waals surface area contributed by atoms with Crippen molar-refractivity contribution in [3.8, 4) is 22.9 Å². The average Bonchev–Trinajstić information content (AvgIpc) is 4.04. The summed E-state index contributed by atoms with van der Waals surface area (Å²) < 4.78 is 8.56. The SMILES string of the molecule is C[C@@H]1CC(=O)Nc2cccc(-c3ccc4c(c3)c(C3CC3)nn4CCN3CCN(c4ncc(C(=O)NC5C(C)(C)C(Oc6ccc(C#N)c(Cl)c6)C5(C)C)cn4)CC3)c2N1. The van der Waals surface area contributed by atoms with E-state index in [1.807, 2.05) is 19.1 Å². The summed E-state index contributed by atoms with van der Waals surface area (Å²) in [5.41, 5.74) is 6.36. The largest absolute Gasteiger partial charge is 0.489 e. The van der Waals surface area contributed by atoms with Crippen molar-refractivity contribution in [2.75, 3.05) is 48.3 Å². The number of benzene rings is 3. The van der Waals surface area contributed by atoms with Crippen molar-refractivity contribution in [3.05, 3.63) is 88.8 Å².